The number of hydrogen-bond acceptors (Lipinski definition) is 3. The number of benzene rings is 1. The molecule has 1 fully saturated rings. The number of amides is 1. The first-order chi connectivity index (χ1) is 12.2. The normalized spacial score (nSPS) is 17.3. The van der Waals surface area contributed by atoms with Crippen LogP contribution in [0.2, 0.25) is 0 Å². The van der Waals surface area contributed by atoms with Gasteiger partial charge in [0.05, 0.1) is 13.0 Å². The van der Waals surface area contributed by atoms with E-state index in [1.54, 1.807) is 24.4 Å². The topological polar surface area (TPSA) is 42.4 Å². The molecular formula is C20H23FN2O2. The summed E-state index contributed by atoms with van der Waals surface area (Å²) < 4.78 is 18.9. The molecule has 1 amide bonds. The van der Waals surface area contributed by atoms with E-state index in [1.165, 1.54) is 6.07 Å². The zero-order valence-electron chi connectivity index (χ0n) is 14.2. The number of piperidine rings is 1. The maximum atomic E-state index is 13.5. The van der Waals surface area contributed by atoms with Crippen LogP contribution in [-0.2, 0) is 11.2 Å². The van der Waals surface area contributed by atoms with Crippen LogP contribution in [0.25, 0.3) is 0 Å². The highest BCUT2D eigenvalue weighted by Crippen LogP contribution is 2.21. The van der Waals surface area contributed by atoms with Gasteiger partial charge in [-0.25, -0.2) is 4.39 Å². The van der Waals surface area contributed by atoms with Gasteiger partial charge in [-0.05, 0) is 49.4 Å². The summed E-state index contributed by atoms with van der Waals surface area (Å²) in [4.78, 5) is 18.7. The van der Waals surface area contributed by atoms with Gasteiger partial charge in [-0.3, -0.25) is 9.78 Å². The predicted octanol–water partition coefficient (Wildman–Crippen LogP) is 3.47. The first kappa shape index (κ1) is 17.4. The smallest absolute Gasteiger partial charge is 0.226 e. The first-order valence-electron chi connectivity index (χ1n) is 8.77. The number of hydrogen-bond donors (Lipinski definition) is 0. The van der Waals surface area contributed by atoms with E-state index in [1.807, 2.05) is 23.1 Å². The first-order valence-corrected chi connectivity index (χ1v) is 8.77. The van der Waals surface area contributed by atoms with Gasteiger partial charge in [-0.2, -0.15) is 0 Å². The fourth-order valence-corrected chi connectivity index (χ4v) is 3.24. The lowest BCUT2D eigenvalue weighted by atomic mass is 9.93. The van der Waals surface area contributed by atoms with E-state index in [0.717, 1.165) is 38.0 Å². The molecule has 0 aliphatic carbocycles. The maximum absolute atomic E-state index is 13.5. The molecule has 0 radical (unpaired) electrons. The maximum Gasteiger partial charge on any atom is 0.226 e. The van der Waals surface area contributed by atoms with Crippen LogP contribution in [0.3, 0.4) is 0 Å². The SMILES string of the molecule is O=C(CCOc1ccccc1F)N1CCCC(Cc2ccccn2)C1. The highest BCUT2D eigenvalue weighted by molar-refractivity contribution is 5.76. The number of carbonyl (C=O) groups excluding carboxylic acids is 1. The third-order valence-electron chi connectivity index (χ3n) is 4.51. The molecule has 0 N–H and O–H groups in total. The van der Waals surface area contributed by atoms with Crippen molar-refractivity contribution in [3.8, 4) is 5.75 Å². The van der Waals surface area contributed by atoms with Crippen LogP contribution in [0.4, 0.5) is 4.39 Å². The fourth-order valence-electron chi connectivity index (χ4n) is 3.24. The monoisotopic (exact) mass is 342 g/mol. The van der Waals surface area contributed by atoms with Crippen molar-refractivity contribution in [3.63, 3.8) is 0 Å². The molecule has 1 aliphatic rings. The number of halogens is 1. The summed E-state index contributed by atoms with van der Waals surface area (Å²) in [6.07, 6.45) is 5.10. The summed E-state index contributed by atoms with van der Waals surface area (Å²) >= 11 is 0. The number of pyridine rings is 1. The van der Waals surface area contributed by atoms with Crippen molar-refractivity contribution in [2.45, 2.75) is 25.7 Å². The Morgan fingerprint density at radius 2 is 2.08 bits per heavy atom. The van der Waals surface area contributed by atoms with Crippen LogP contribution in [-0.4, -0.2) is 35.5 Å². The van der Waals surface area contributed by atoms with Crippen LogP contribution in [0.15, 0.2) is 48.7 Å². The van der Waals surface area contributed by atoms with Gasteiger partial charge >= 0.3 is 0 Å². The van der Waals surface area contributed by atoms with Gasteiger partial charge < -0.3 is 9.64 Å². The highest BCUT2D eigenvalue weighted by atomic mass is 19.1. The Morgan fingerprint density at radius 3 is 2.88 bits per heavy atom. The van der Waals surface area contributed by atoms with Crippen molar-refractivity contribution in [2.75, 3.05) is 19.7 Å². The average molecular weight is 342 g/mol. The van der Waals surface area contributed by atoms with E-state index in [-0.39, 0.29) is 24.7 Å². The Balaban J connectivity index is 1.46. The third kappa shape index (κ3) is 5.02. The van der Waals surface area contributed by atoms with E-state index >= 15 is 0 Å². The highest BCUT2D eigenvalue weighted by Gasteiger charge is 2.24. The number of carbonyl (C=O) groups is 1. The molecule has 1 aromatic carbocycles. The summed E-state index contributed by atoms with van der Waals surface area (Å²) in [5.74, 6) is 0.312. The molecule has 5 heteroatoms. The molecule has 3 rings (SSSR count). The number of nitrogens with zero attached hydrogens (tertiary/aromatic N) is 2. The van der Waals surface area contributed by atoms with Crippen molar-refractivity contribution in [2.24, 2.45) is 5.92 Å². The number of ether oxygens (including phenoxy) is 1. The van der Waals surface area contributed by atoms with Gasteiger partial charge in [0.25, 0.3) is 0 Å². The van der Waals surface area contributed by atoms with Crippen LogP contribution in [0.5, 0.6) is 5.75 Å². The molecule has 2 aromatic rings. The molecular weight excluding hydrogens is 319 g/mol. The van der Waals surface area contributed by atoms with Crippen LogP contribution < -0.4 is 4.74 Å². The van der Waals surface area contributed by atoms with Gasteiger partial charge in [0.2, 0.25) is 5.91 Å². The Bertz CT molecular complexity index is 693. The molecule has 2 heterocycles. The third-order valence-corrected chi connectivity index (χ3v) is 4.51. The molecule has 0 bridgehead atoms. The average Bonchev–Trinajstić information content (AvgIpc) is 2.64. The summed E-state index contributed by atoms with van der Waals surface area (Å²) in [6.45, 7) is 1.74. The van der Waals surface area contributed by atoms with Crippen molar-refractivity contribution in [1.29, 1.82) is 0 Å². The lowest BCUT2D eigenvalue weighted by molar-refractivity contribution is -0.133. The molecule has 0 saturated carbocycles. The van der Waals surface area contributed by atoms with E-state index in [2.05, 4.69) is 4.98 Å². The molecule has 1 atom stereocenters. The molecule has 1 saturated heterocycles. The van der Waals surface area contributed by atoms with Crippen molar-refractivity contribution < 1.29 is 13.9 Å². The Labute approximate surface area is 147 Å². The molecule has 1 aliphatic heterocycles. The lowest BCUT2D eigenvalue weighted by Gasteiger charge is -2.32. The van der Waals surface area contributed by atoms with Gasteiger partial charge in [0.1, 0.15) is 0 Å². The van der Waals surface area contributed by atoms with Crippen molar-refractivity contribution >= 4 is 5.91 Å². The number of likely N-dealkylation sites (tertiary alicyclic amines) is 1. The van der Waals surface area contributed by atoms with Gasteiger partial charge in [-0.1, -0.05) is 18.2 Å². The largest absolute Gasteiger partial charge is 0.490 e. The second kappa shape index (κ2) is 8.60. The van der Waals surface area contributed by atoms with E-state index in [9.17, 15) is 9.18 Å². The zero-order chi connectivity index (χ0) is 17.5. The minimum Gasteiger partial charge on any atom is -0.490 e. The molecule has 132 valence electrons. The van der Waals surface area contributed by atoms with Crippen molar-refractivity contribution in [1.82, 2.24) is 9.88 Å². The van der Waals surface area contributed by atoms with Crippen LogP contribution >= 0.6 is 0 Å². The second-order valence-electron chi connectivity index (χ2n) is 6.40. The number of para-hydroxylation sites is 1. The Kier molecular flexibility index (Phi) is 5.99. The minimum absolute atomic E-state index is 0.0714. The van der Waals surface area contributed by atoms with Gasteiger partial charge in [0, 0.05) is 25.0 Å². The lowest BCUT2D eigenvalue weighted by Crippen LogP contribution is -2.41. The van der Waals surface area contributed by atoms with Crippen LogP contribution in [0, 0.1) is 11.7 Å². The number of rotatable bonds is 6. The molecule has 25 heavy (non-hydrogen) atoms. The number of aromatic nitrogens is 1. The predicted molar refractivity (Wildman–Crippen MR) is 93.8 cm³/mol. The molecule has 0 spiro atoms. The van der Waals surface area contributed by atoms with Crippen LogP contribution in [0.1, 0.15) is 25.0 Å². The standard InChI is InChI=1S/C20H23FN2O2/c21-18-8-1-2-9-19(18)25-13-10-20(24)23-12-5-6-16(15-23)14-17-7-3-4-11-22-17/h1-4,7-9,11,16H,5-6,10,12-15H2. The molecule has 1 aromatic heterocycles. The van der Waals surface area contributed by atoms with Gasteiger partial charge in [-0.15, -0.1) is 0 Å². The summed E-state index contributed by atoms with van der Waals surface area (Å²) in [7, 11) is 0. The summed E-state index contributed by atoms with van der Waals surface area (Å²) in [5.41, 5.74) is 1.07. The fraction of sp³-hybridized carbons (Fsp3) is 0.400. The summed E-state index contributed by atoms with van der Waals surface area (Å²) in [5, 5.41) is 0. The van der Waals surface area contributed by atoms with E-state index < -0.39 is 5.82 Å². The molecule has 4 nitrogen and oxygen atoms in total. The minimum atomic E-state index is -0.400. The summed E-state index contributed by atoms with van der Waals surface area (Å²) in [6, 6.07) is 12.2. The van der Waals surface area contributed by atoms with E-state index in [0.29, 0.717) is 5.92 Å². The second-order valence-corrected chi connectivity index (χ2v) is 6.40. The van der Waals surface area contributed by atoms with Gasteiger partial charge in [0.15, 0.2) is 11.6 Å². The zero-order valence-corrected chi connectivity index (χ0v) is 14.2. The van der Waals surface area contributed by atoms with Crippen molar-refractivity contribution in [3.05, 3.63) is 60.2 Å². The Morgan fingerprint density at radius 1 is 1.24 bits per heavy atom. The molecule has 1 unspecified atom stereocenters. The van der Waals surface area contributed by atoms with E-state index in [4.69, 9.17) is 4.74 Å². The quantitative estimate of drug-likeness (QED) is 0.807. The Hall–Kier alpha value is -2.43.